The molecule has 1 aliphatic rings. The number of aromatic nitrogens is 1. The average Bonchev–Trinajstić information content (AvgIpc) is 3.14. The van der Waals surface area contributed by atoms with Crippen LogP contribution in [0.4, 0.5) is 11.4 Å². The van der Waals surface area contributed by atoms with E-state index in [-0.39, 0.29) is 5.91 Å². The maximum atomic E-state index is 13.4. The number of hydrogen-bond donors (Lipinski definition) is 0. The number of carbonyl (C=O) groups is 1. The van der Waals surface area contributed by atoms with Crippen molar-refractivity contribution in [3.63, 3.8) is 0 Å². The number of ether oxygens (including phenoxy) is 1. The molecule has 0 N–H and O–H groups in total. The van der Waals surface area contributed by atoms with Gasteiger partial charge in [0.25, 0.3) is 5.91 Å². The maximum Gasteiger partial charge on any atom is 0.263 e. The fraction of sp³-hybridized carbons (Fsp3) is 0.208. The maximum absolute atomic E-state index is 13.4. The van der Waals surface area contributed by atoms with Gasteiger partial charge in [-0.3, -0.25) is 9.69 Å². The van der Waals surface area contributed by atoms with Gasteiger partial charge < -0.3 is 9.30 Å². The van der Waals surface area contributed by atoms with Gasteiger partial charge in [-0.2, -0.15) is 0 Å². The zero-order valence-electron chi connectivity index (χ0n) is 16.5. The second-order valence-electron chi connectivity index (χ2n) is 7.02. The van der Waals surface area contributed by atoms with Crippen molar-refractivity contribution < 1.29 is 9.53 Å². The van der Waals surface area contributed by atoms with Crippen LogP contribution >= 0.6 is 0 Å². The van der Waals surface area contributed by atoms with Crippen molar-refractivity contribution in [3.05, 3.63) is 83.2 Å². The molecule has 4 nitrogen and oxygen atoms in total. The van der Waals surface area contributed by atoms with Crippen LogP contribution in [-0.4, -0.2) is 24.2 Å². The molecule has 0 spiro atoms. The van der Waals surface area contributed by atoms with Crippen LogP contribution in [0.15, 0.2) is 60.7 Å². The third kappa shape index (κ3) is 3.06. The van der Waals surface area contributed by atoms with Crippen molar-refractivity contribution in [2.24, 2.45) is 0 Å². The number of aryl methyl sites for hydroxylation is 1. The van der Waals surface area contributed by atoms with Gasteiger partial charge in [0.15, 0.2) is 0 Å². The molecular weight excluding hydrogens is 348 g/mol. The molecule has 0 saturated carbocycles. The predicted octanol–water partition coefficient (Wildman–Crippen LogP) is 4.97. The van der Waals surface area contributed by atoms with E-state index in [0.29, 0.717) is 6.61 Å². The number of benzene rings is 2. The summed E-state index contributed by atoms with van der Waals surface area (Å²) >= 11 is 0. The summed E-state index contributed by atoms with van der Waals surface area (Å²) in [6.07, 6.45) is 2.02. The topological polar surface area (TPSA) is 34.5 Å². The molecule has 0 atom stereocenters. The lowest BCUT2D eigenvalue weighted by molar-refractivity contribution is -0.112. The number of methoxy groups -OCH3 is 1. The summed E-state index contributed by atoms with van der Waals surface area (Å²) in [6, 6.07) is 19.9. The molecule has 0 saturated heterocycles. The zero-order valence-corrected chi connectivity index (χ0v) is 16.5. The monoisotopic (exact) mass is 372 g/mol. The molecule has 2 aromatic carbocycles. The van der Waals surface area contributed by atoms with Crippen LogP contribution in [0.25, 0.3) is 11.6 Å². The molecule has 142 valence electrons. The van der Waals surface area contributed by atoms with Gasteiger partial charge in [-0.1, -0.05) is 36.4 Å². The summed E-state index contributed by atoms with van der Waals surface area (Å²) in [7, 11) is 1.71. The van der Waals surface area contributed by atoms with E-state index in [9.17, 15) is 4.79 Å². The number of anilines is 2. The highest BCUT2D eigenvalue weighted by atomic mass is 16.5. The quantitative estimate of drug-likeness (QED) is 0.593. The van der Waals surface area contributed by atoms with Gasteiger partial charge in [0.05, 0.1) is 17.9 Å². The summed E-state index contributed by atoms with van der Waals surface area (Å²) < 4.78 is 7.46. The first kappa shape index (κ1) is 18.3. The van der Waals surface area contributed by atoms with E-state index in [1.807, 2.05) is 60.7 Å². The molecule has 0 fully saturated rings. The average molecular weight is 372 g/mol. The first-order valence-corrected chi connectivity index (χ1v) is 9.48. The number of para-hydroxylation sites is 2. The highest BCUT2D eigenvalue weighted by molar-refractivity contribution is 6.38. The number of amides is 1. The van der Waals surface area contributed by atoms with Gasteiger partial charge in [-0.25, -0.2) is 0 Å². The molecule has 0 aliphatic carbocycles. The second kappa shape index (κ2) is 7.49. The van der Waals surface area contributed by atoms with Crippen LogP contribution in [0.5, 0.6) is 0 Å². The lowest BCUT2D eigenvalue weighted by Crippen LogP contribution is -2.20. The Kier molecular flexibility index (Phi) is 4.88. The van der Waals surface area contributed by atoms with E-state index < -0.39 is 0 Å². The van der Waals surface area contributed by atoms with Crippen LogP contribution in [0, 0.1) is 13.8 Å². The molecule has 0 bridgehead atoms. The molecule has 4 heteroatoms. The van der Waals surface area contributed by atoms with Crippen molar-refractivity contribution >= 4 is 28.9 Å². The van der Waals surface area contributed by atoms with Crippen LogP contribution in [0.1, 0.15) is 22.5 Å². The number of nitrogens with zero attached hydrogens (tertiary/aromatic N) is 2. The molecule has 0 radical (unpaired) electrons. The van der Waals surface area contributed by atoms with Crippen LogP contribution in [-0.2, 0) is 16.1 Å². The number of fused-ring (bicyclic) bond motifs is 1. The normalized spacial score (nSPS) is 14.8. The third-order valence-corrected chi connectivity index (χ3v) is 5.31. The van der Waals surface area contributed by atoms with Crippen molar-refractivity contribution in [1.29, 1.82) is 0 Å². The second-order valence-corrected chi connectivity index (χ2v) is 7.02. The number of hydrogen-bond acceptors (Lipinski definition) is 2. The lowest BCUT2D eigenvalue weighted by Gasteiger charge is -2.16. The molecule has 28 heavy (non-hydrogen) atoms. The Balaban J connectivity index is 1.80. The molecule has 1 amide bonds. The van der Waals surface area contributed by atoms with E-state index in [1.165, 1.54) is 5.69 Å². The van der Waals surface area contributed by atoms with E-state index in [1.54, 1.807) is 12.0 Å². The summed E-state index contributed by atoms with van der Waals surface area (Å²) in [5, 5.41) is 0. The first-order valence-electron chi connectivity index (χ1n) is 9.48. The van der Waals surface area contributed by atoms with E-state index in [2.05, 4.69) is 24.5 Å². The van der Waals surface area contributed by atoms with Crippen molar-refractivity contribution in [2.75, 3.05) is 18.6 Å². The Labute approximate surface area is 165 Å². The Hall–Kier alpha value is -3.11. The minimum Gasteiger partial charge on any atom is -0.383 e. The van der Waals surface area contributed by atoms with Gasteiger partial charge in [-0.05, 0) is 49.8 Å². The van der Waals surface area contributed by atoms with E-state index >= 15 is 0 Å². The van der Waals surface area contributed by atoms with Crippen molar-refractivity contribution in [2.45, 2.75) is 20.4 Å². The molecule has 0 unspecified atom stereocenters. The van der Waals surface area contributed by atoms with Crippen molar-refractivity contribution in [1.82, 2.24) is 4.57 Å². The van der Waals surface area contributed by atoms with Crippen LogP contribution in [0.3, 0.4) is 0 Å². The SMILES string of the molecule is COCCn1c(C)cc(/C=C2/C(=O)N(c3ccccc3)c3ccccc32)c1C. The zero-order chi connectivity index (χ0) is 19.7. The fourth-order valence-corrected chi connectivity index (χ4v) is 3.87. The van der Waals surface area contributed by atoms with Gasteiger partial charge in [0, 0.05) is 36.3 Å². The van der Waals surface area contributed by atoms with Crippen LogP contribution in [0.2, 0.25) is 0 Å². The summed E-state index contributed by atoms with van der Waals surface area (Å²) in [5.74, 6) is 0.00842. The minimum atomic E-state index is 0.00842. The minimum absolute atomic E-state index is 0.00842. The lowest BCUT2D eigenvalue weighted by atomic mass is 10.0. The van der Waals surface area contributed by atoms with Crippen LogP contribution < -0.4 is 4.90 Å². The van der Waals surface area contributed by atoms with Gasteiger partial charge in [0.2, 0.25) is 0 Å². The summed E-state index contributed by atoms with van der Waals surface area (Å²) in [6.45, 7) is 5.65. The van der Waals surface area contributed by atoms with Gasteiger partial charge in [0.1, 0.15) is 0 Å². The summed E-state index contributed by atoms with van der Waals surface area (Å²) in [5.41, 5.74) is 6.89. The predicted molar refractivity (Wildman–Crippen MR) is 114 cm³/mol. The van der Waals surface area contributed by atoms with Gasteiger partial charge >= 0.3 is 0 Å². The Morgan fingerprint density at radius 3 is 2.46 bits per heavy atom. The molecular formula is C24H24N2O2. The van der Waals surface area contributed by atoms with Gasteiger partial charge in [-0.15, -0.1) is 0 Å². The largest absolute Gasteiger partial charge is 0.383 e. The highest BCUT2D eigenvalue weighted by Gasteiger charge is 2.33. The molecule has 3 aromatic rings. The molecule has 1 aromatic heterocycles. The summed E-state index contributed by atoms with van der Waals surface area (Å²) in [4.78, 5) is 15.2. The third-order valence-electron chi connectivity index (χ3n) is 5.31. The Morgan fingerprint density at radius 2 is 1.71 bits per heavy atom. The van der Waals surface area contributed by atoms with E-state index in [0.717, 1.165) is 40.3 Å². The fourth-order valence-electron chi connectivity index (χ4n) is 3.87. The molecule has 4 rings (SSSR count). The standard InChI is InChI=1S/C24H24N2O2/c1-17-15-19(18(2)25(17)13-14-28-3)16-22-21-11-7-8-12-23(21)26(24(22)27)20-9-5-4-6-10-20/h4-12,15-16H,13-14H2,1-3H3/b22-16+. The first-order chi connectivity index (χ1) is 13.6. The Morgan fingerprint density at radius 1 is 1.00 bits per heavy atom. The number of carbonyl (C=O) groups excluding carboxylic acids is 1. The smallest absolute Gasteiger partial charge is 0.263 e. The number of rotatable bonds is 5. The van der Waals surface area contributed by atoms with Crippen molar-refractivity contribution in [3.8, 4) is 0 Å². The Bertz CT molecular complexity index is 1050. The molecule has 1 aliphatic heterocycles. The molecule has 2 heterocycles. The highest BCUT2D eigenvalue weighted by Crippen LogP contribution is 2.42. The van der Waals surface area contributed by atoms with E-state index in [4.69, 9.17) is 4.74 Å².